The highest BCUT2D eigenvalue weighted by atomic mass is 16.3. The molecule has 0 unspecified atom stereocenters. The molecule has 7 heteroatoms. The zero-order valence-corrected chi connectivity index (χ0v) is 17.3. The van der Waals surface area contributed by atoms with E-state index in [2.05, 4.69) is 5.32 Å². The number of aliphatic hydroxyl groups excluding tert-OH is 1. The van der Waals surface area contributed by atoms with Crippen LogP contribution < -0.4 is 5.32 Å². The lowest BCUT2D eigenvalue weighted by Gasteiger charge is -2.28. The topological polar surface area (TPSA) is 93.1 Å². The first-order valence-electron chi connectivity index (χ1n) is 10.3. The van der Waals surface area contributed by atoms with Gasteiger partial charge in [0.05, 0.1) is 5.76 Å². The van der Waals surface area contributed by atoms with Gasteiger partial charge in [0.25, 0.3) is 0 Å². The Hall–Kier alpha value is -3.22. The first kappa shape index (κ1) is 21.5. The zero-order valence-electron chi connectivity index (χ0n) is 17.3. The quantitative estimate of drug-likeness (QED) is 0.670. The van der Waals surface area contributed by atoms with Gasteiger partial charge in [-0.1, -0.05) is 30.4 Å². The number of urea groups is 1. The summed E-state index contributed by atoms with van der Waals surface area (Å²) in [6, 6.07) is 6.08. The average molecular weight is 412 g/mol. The lowest BCUT2D eigenvalue weighted by Crippen LogP contribution is -2.49. The molecule has 7 nitrogen and oxygen atoms in total. The van der Waals surface area contributed by atoms with Crippen molar-refractivity contribution in [3.63, 3.8) is 0 Å². The van der Waals surface area contributed by atoms with Crippen molar-refractivity contribution >= 4 is 11.9 Å². The Morgan fingerprint density at radius 2 is 2.00 bits per heavy atom. The maximum Gasteiger partial charge on any atom is 0.318 e. The normalized spacial score (nSPS) is 18.4. The molecule has 1 aliphatic heterocycles. The number of likely N-dealkylation sites (tertiary alicyclic amines) is 1. The fraction of sp³-hybridized carbons (Fsp3) is 0.391. The van der Waals surface area contributed by atoms with Crippen molar-refractivity contribution in [2.75, 3.05) is 20.1 Å². The molecule has 0 saturated carbocycles. The summed E-state index contributed by atoms with van der Waals surface area (Å²) in [5, 5.41) is 21.9. The number of amides is 3. The molecule has 1 aromatic rings. The third-order valence-corrected chi connectivity index (χ3v) is 5.39. The highest BCUT2D eigenvalue weighted by Gasteiger charge is 2.35. The van der Waals surface area contributed by atoms with Crippen molar-refractivity contribution in [2.24, 2.45) is 0 Å². The van der Waals surface area contributed by atoms with Gasteiger partial charge in [-0.25, -0.2) is 4.79 Å². The number of nitrogens with one attached hydrogen (secondary N) is 1. The summed E-state index contributed by atoms with van der Waals surface area (Å²) in [4.78, 5) is 28.9. The molecule has 0 bridgehead atoms. The SMILES string of the molecule is CN(Cc1ccc(O)cc1)C(=O)[C@H]1CCCN1C(=O)NCCC1=CCC(O)=CC=C1. The molecule has 1 heterocycles. The molecule has 160 valence electrons. The van der Waals surface area contributed by atoms with E-state index < -0.39 is 6.04 Å². The minimum absolute atomic E-state index is 0.0771. The standard InChI is InChI=1S/C23H29N3O4/c1-25(16-18-8-11-20(28)12-9-18)22(29)21-6-3-15-26(21)23(30)24-14-13-17-4-2-5-19(27)10-7-17/h2,4-5,7-9,11-12,21,27-28H,3,6,10,13-16H2,1H3,(H,24,30)/t21-/m1/s1. The molecule has 1 aliphatic carbocycles. The molecule has 1 aromatic carbocycles. The van der Waals surface area contributed by atoms with Crippen LogP contribution in [0.15, 0.2) is 59.9 Å². The maximum absolute atomic E-state index is 12.9. The van der Waals surface area contributed by atoms with Gasteiger partial charge in [-0.05, 0) is 48.6 Å². The van der Waals surface area contributed by atoms with Crippen molar-refractivity contribution in [3.05, 3.63) is 65.5 Å². The number of aliphatic hydroxyl groups is 1. The fourth-order valence-corrected chi connectivity index (χ4v) is 3.73. The van der Waals surface area contributed by atoms with Crippen LogP contribution in [0.25, 0.3) is 0 Å². The van der Waals surface area contributed by atoms with Crippen LogP contribution in [0, 0.1) is 0 Å². The minimum atomic E-state index is -0.453. The number of nitrogens with zero attached hydrogens (tertiary/aromatic N) is 2. The summed E-state index contributed by atoms with van der Waals surface area (Å²) in [5.74, 6) is 0.432. The van der Waals surface area contributed by atoms with E-state index in [1.165, 1.54) is 0 Å². The lowest BCUT2D eigenvalue weighted by molar-refractivity contribution is -0.134. The van der Waals surface area contributed by atoms with Gasteiger partial charge in [0, 0.05) is 33.1 Å². The third-order valence-electron chi connectivity index (χ3n) is 5.39. The number of hydrogen-bond acceptors (Lipinski definition) is 4. The Balaban J connectivity index is 1.50. The second-order valence-corrected chi connectivity index (χ2v) is 7.69. The van der Waals surface area contributed by atoms with Crippen LogP contribution in [0.4, 0.5) is 4.79 Å². The number of carbonyl (C=O) groups excluding carboxylic acids is 2. The summed E-state index contributed by atoms with van der Waals surface area (Å²) < 4.78 is 0. The Bertz CT molecular complexity index is 858. The van der Waals surface area contributed by atoms with E-state index in [1.807, 2.05) is 12.2 Å². The molecule has 1 fully saturated rings. The molecule has 1 saturated heterocycles. The number of phenols is 1. The Kier molecular flexibility index (Phi) is 7.17. The van der Waals surface area contributed by atoms with Crippen molar-refractivity contribution in [2.45, 2.75) is 38.3 Å². The van der Waals surface area contributed by atoms with Gasteiger partial charge >= 0.3 is 6.03 Å². The van der Waals surface area contributed by atoms with E-state index in [-0.39, 0.29) is 17.7 Å². The van der Waals surface area contributed by atoms with Gasteiger partial charge in [-0.2, -0.15) is 0 Å². The molecule has 0 radical (unpaired) electrons. The Morgan fingerprint density at radius 3 is 2.77 bits per heavy atom. The van der Waals surface area contributed by atoms with Crippen LogP contribution in [0.2, 0.25) is 0 Å². The molecular weight excluding hydrogens is 382 g/mol. The zero-order chi connectivity index (χ0) is 21.5. The minimum Gasteiger partial charge on any atom is -0.512 e. The third kappa shape index (κ3) is 5.65. The fourth-order valence-electron chi connectivity index (χ4n) is 3.73. The molecule has 3 rings (SSSR count). The number of likely N-dealkylation sites (N-methyl/N-ethyl adjacent to an activating group) is 1. The predicted octanol–water partition coefficient (Wildman–Crippen LogP) is 3.24. The van der Waals surface area contributed by atoms with Crippen LogP contribution in [-0.2, 0) is 11.3 Å². The van der Waals surface area contributed by atoms with Gasteiger partial charge in [-0.15, -0.1) is 0 Å². The van der Waals surface area contributed by atoms with Crippen molar-refractivity contribution in [1.29, 1.82) is 0 Å². The largest absolute Gasteiger partial charge is 0.512 e. The number of rotatable bonds is 6. The predicted molar refractivity (Wildman–Crippen MR) is 115 cm³/mol. The van der Waals surface area contributed by atoms with E-state index in [9.17, 15) is 19.8 Å². The van der Waals surface area contributed by atoms with Crippen LogP contribution in [0.1, 0.15) is 31.2 Å². The summed E-state index contributed by atoms with van der Waals surface area (Å²) in [6.07, 6.45) is 9.95. The summed E-state index contributed by atoms with van der Waals surface area (Å²) in [7, 11) is 1.73. The second kappa shape index (κ2) is 10.0. The van der Waals surface area contributed by atoms with E-state index in [0.29, 0.717) is 44.7 Å². The molecule has 3 N–H and O–H groups in total. The number of hydrogen-bond donors (Lipinski definition) is 3. The number of carbonyl (C=O) groups is 2. The van der Waals surface area contributed by atoms with Gasteiger partial charge in [-0.3, -0.25) is 4.79 Å². The number of phenolic OH excluding ortho intramolecular Hbond substituents is 1. The van der Waals surface area contributed by atoms with E-state index in [1.54, 1.807) is 53.3 Å². The molecule has 30 heavy (non-hydrogen) atoms. The first-order valence-corrected chi connectivity index (χ1v) is 10.3. The van der Waals surface area contributed by atoms with Crippen LogP contribution in [0.3, 0.4) is 0 Å². The van der Waals surface area contributed by atoms with E-state index in [4.69, 9.17) is 0 Å². The maximum atomic E-state index is 12.9. The molecule has 3 amide bonds. The Labute approximate surface area is 177 Å². The highest BCUT2D eigenvalue weighted by molar-refractivity contribution is 5.87. The Morgan fingerprint density at radius 1 is 1.23 bits per heavy atom. The van der Waals surface area contributed by atoms with Gasteiger partial charge < -0.3 is 25.3 Å². The average Bonchev–Trinajstić information content (AvgIpc) is 3.13. The monoisotopic (exact) mass is 411 g/mol. The smallest absolute Gasteiger partial charge is 0.318 e. The number of aromatic hydroxyl groups is 1. The molecule has 1 atom stereocenters. The molecular formula is C23H29N3O4. The molecule has 2 aliphatic rings. The van der Waals surface area contributed by atoms with Crippen LogP contribution >= 0.6 is 0 Å². The van der Waals surface area contributed by atoms with Gasteiger partial charge in [0.1, 0.15) is 11.8 Å². The van der Waals surface area contributed by atoms with Crippen molar-refractivity contribution in [3.8, 4) is 5.75 Å². The van der Waals surface area contributed by atoms with Crippen molar-refractivity contribution in [1.82, 2.24) is 15.1 Å². The second-order valence-electron chi connectivity index (χ2n) is 7.69. The summed E-state index contributed by atoms with van der Waals surface area (Å²) in [6.45, 7) is 1.46. The molecule has 0 spiro atoms. The first-order chi connectivity index (χ1) is 14.4. The summed E-state index contributed by atoms with van der Waals surface area (Å²) >= 11 is 0. The van der Waals surface area contributed by atoms with Crippen LogP contribution in [0.5, 0.6) is 5.75 Å². The lowest BCUT2D eigenvalue weighted by atomic mass is 10.1. The van der Waals surface area contributed by atoms with Gasteiger partial charge in [0.15, 0.2) is 0 Å². The van der Waals surface area contributed by atoms with Crippen molar-refractivity contribution < 1.29 is 19.8 Å². The van der Waals surface area contributed by atoms with E-state index in [0.717, 1.165) is 17.6 Å². The number of allylic oxidation sites excluding steroid dienone is 4. The van der Waals surface area contributed by atoms with Gasteiger partial charge in [0.2, 0.25) is 5.91 Å². The number of benzene rings is 1. The van der Waals surface area contributed by atoms with Crippen LogP contribution in [-0.4, -0.2) is 58.1 Å². The highest BCUT2D eigenvalue weighted by Crippen LogP contribution is 2.21. The summed E-state index contributed by atoms with van der Waals surface area (Å²) in [5.41, 5.74) is 1.97. The molecule has 0 aromatic heterocycles. The van der Waals surface area contributed by atoms with E-state index >= 15 is 0 Å².